The third kappa shape index (κ3) is 6.08. The van der Waals surface area contributed by atoms with Gasteiger partial charge in [0.25, 0.3) is 0 Å². The summed E-state index contributed by atoms with van der Waals surface area (Å²) < 4.78 is 11.3. The largest absolute Gasteiger partial charge is 0.490 e. The molecule has 0 aliphatic rings. The van der Waals surface area contributed by atoms with Crippen molar-refractivity contribution in [2.24, 2.45) is 0 Å². The van der Waals surface area contributed by atoms with Crippen LogP contribution in [-0.2, 0) is 13.1 Å². The summed E-state index contributed by atoms with van der Waals surface area (Å²) >= 11 is 6.16. The van der Waals surface area contributed by atoms with E-state index in [2.05, 4.69) is 11.9 Å². The third-order valence-corrected chi connectivity index (χ3v) is 3.64. The molecule has 2 aromatic rings. The fourth-order valence-corrected chi connectivity index (χ4v) is 2.38. The molecule has 3 nitrogen and oxygen atoms in total. The monoisotopic (exact) mass is 367 g/mol. The van der Waals surface area contributed by atoms with E-state index in [0.29, 0.717) is 13.2 Å². The van der Waals surface area contributed by atoms with Crippen LogP contribution in [0.25, 0.3) is 0 Å². The van der Waals surface area contributed by atoms with Crippen molar-refractivity contribution in [3.8, 4) is 11.5 Å². The van der Waals surface area contributed by atoms with Gasteiger partial charge >= 0.3 is 0 Å². The molecule has 1 N–H and O–H groups in total. The number of ether oxygens (including phenoxy) is 2. The van der Waals surface area contributed by atoms with E-state index in [1.165, 1.54) is 0 Å². The summed E-state index contributed by atoms with van der Waals surface area (Å²) in [5, 5.41) is 4.17. The molecule has 2 rings (SSSR count). The van der Waals surface area contributed by atoms with Crippen molar-refractivity contribution in [2.45, 2.75) is 20.0 Å². The number of hydrogen-bond donors (Lipinski definition) is 1. The van der Waals surface area contributed by atoms with Crippen LogP contribution in [0.2, 0.25) is 5.02 Å². The molecule has 0 amide bonds. The predicted molar refractivity (Wildman–Crippen MR) is 103 cm³/mol. The molecule has 0 saturated carbocycles. The van der Waals surface area contributed by atoms with E-state index in [1.54, 1.807) is 6.08 Å². The van der Waals surface area contributed by atoms with E-state index in [4.69, 9.17) is 21.1 Å². The van der Waals surface area contributed by atoms with E-state index in [0.717, 1.165) is 40.7 Å². The lowest BCUT2D eigenvalue weighted by Gasteiger charge is -2.13. The molecule has 0 atom stereocenters. The first-order valence-corrected chi connectivity index (χ1v) is 8.06. The molecular formula is C19H23Cl2NO2. The average Bonchev–Trinajstić information content (AvgIpc) is 2.56. The molecule has 5 heteroatoms. The lowest BCUT2D eigenvalue weighted by Crippen LogP contribution is -2.13. The molecular weight excluding hydrogens is 345 g/mol. The van der Waals surface area contributed by atoms with Crippen molar-refractivity contribution in [3.05, 3.63) is 71.3 Å². The Morgan fingerprint density at radius 2 is 1.88 bits per heavy atom. The fraction of sp³-hybridized carbons (Fsp3) is 0.263. The van der Waals surface area contributed by atoms with Crippen LogP contribution in [0.1, 0.15) is 18.1 Å². The number of halogens is 2. The van der Waals surface area contributed by atoms with E-state index >= 15 is 0 Å². The number of hydrogen-bond acceptors (Lipinski definition) is 3. The van der Waals surface area contributed by atoms with Crippen LogP contribution in [-0.4, -0.2) is 13.2 Å². The second-order valence-corrected chi connectivity index (χ2v) is 5.42. The third-order valence-electron chi connectivity index (χ3n) is 3.27. The zero-order chi connectivity index (χ0) is 16.5. The summed E-state index contributed by atoms with van der Waals surface area (Å²) in [5.74, 6) is 1.49. The Hall–Kier alpha value is -1.68. The van der Waals surface area contributed by atoms with Crippen molar-refractivity contribution in [1.82, 2.24) is 5.32 Å². The normalized spacial score (nSPS) is 9.92. The lowest BCUT2D eigenvalue weighted by molar-refractivity contribution is 0.296. The molecule has 0 spiro atoms. The Bertz CT molecular complexity index is 647. The smallest absolute Gasteiger partial charge is 0.161 e. The molecule has 0 unspecified atom stereocenters. The van der Waals surface area contributed by atoms with Crippen molar-refractivity contribution in [2.75, 3.05) is 13.2 Å². The van der Waals surface area contributed by atoms with Gasteiger partial charge in [0.15, 0.2) is 11.5 Å². The lowest BCUT2D eigenvalue weighted by atomic mass is 10.2. The van der Waals surface area contributed by atoms with Crippen LogP contribution in [0.15, 0.2) is 55.1 Å². The minimum absolute atomic E-state index is 0. The summed E-state index contributed by atoms with van der Waals surface area (Å²) in [4.78, 5) is 0. The van der Waals surface area contributed by atoms with Gasteiger partial charge < -0.3 is 14.8 Å². The molecule has 0 aromatic heterocycles. The van der Waals surface area contributed by atoms with Gasteiger partial charge in [-0.3, -0.25) is 0 Å². The van der Waals surface area contributed by atoms with E-state index < -0.39 is 0 Å². The van der Waals surface area contributed by atoms with Crippen LogP contribution in [0.4, 0.5) is 0 Å². The number of rotatable bonds is 9. The molecule has 0 bridgehead atoms. The Kier molecular flexibility index (Phi) is 9.31. The average molecular weight is 368 g/mol. The fourth-order valence-electron chi connectivity index (χ4n) is 2.18. The molecule has 0 aliphatic carbocycles. The molecule has 0 radical (unpaired) electrons. The highest BCUT2D eigenvalue weighted by Crippen LogP contribution is 2.28. The first kappa shape index (κ1) is 20.4. The maximum atomic E-state index is 6.16. The topological polar surface area (TPSA) is 30.5 Å². The van der Waals surface area contributed by atoms with Gasteiger partial charge in [-0.15, -0.1) is 12.4 Å². The summed E-state index contributed by atoms with van der Waals surface area (Å²) in [5.41, 5.74) is 2.22. The predicted octanol–water partition coefficient (Wildman–Crippen LogP) is 5.02. The van der Waals surface area contributed by atoms with Gasteiger partial charge in [-0.2, -0.15) is 0 Å². The first-order chi connectivity index (χ1) is 11.2. The van der Waals surface area contributed by atoms with Crippen molar-refractivity contribution < 1.29 is 9.47 Å². The van der Waals surface area contributed by atoms with Gasteiger partial charge in [0.1, 0.15) is 6.61 Å². The summed E-state index contributed by atoms with van der Waals surface area (Å²) in [6.07, 6.45) is 1.72. The SMILES string of the molecule is C=CCOc1ccc(CNCc2ccccc2Cl)cc1OCC.Cl. The Labute approximate surface area is 155 Å². The molecule has 2 aromatic carbocycles. The van der Waals surface area contributed by atoms with Crippen molar-refractivity contribution >= 4 is 24.0 Å². The highest BCUT2D eigenvalue weighted by Gasteiger charge is 2.06. The van der Waals surface area contributed by atoms with E-state index in [-0.39, 0.29) is 12.4 Å². The number of benzene rings is 2. The second kappa shape index (κ2) is 11.0. The van der Waals surface area contributed by atoms with Crippen LogP contribution in [0.5, 0.6) is 11.5 Å². The standard InChI is InChI=1S/C19H22ClNO2.ClH/c1-3-11-23-18-10-9-15(12-19(18)22-4-2)13-21-14-16-7-5-6-8-17(16)20;/h3,5-10,12,21H,1,4,11,13-14H2,2H3;1H. The Morgan fingerprint density at radius 3 is 2.58 bits per heavy atom. The summed E-state index contributed by atoms with van der Waals surface area (Å²) in [6.45, 7) is 8.13. The molecule has 130 valence electrons. The molecule has 0 fully saturated rings. The van der Waals surface area contributed by atoms with Gasteiger partial charge in [-0.25, -0.2) is 0 Å². The van der Waals surface area contributed by atoms with Gasteiger partial charge in [-0.05, 0) is 36.2 Å². The van der Waals surface area contributed by atoms with Crippen molar-refractivity contribution in [3.63, 3.8) is 0 Å². The maximum absolute atomic E-state index is 6.16. The second-order valence-electron chi connectivity index (χ2n) is 5.01. The van der Waals surface area contributed by atoms with E-state index in [9.17, 15) is 0 Å². The summed E-state index contributed by atoms with van der Waals surface area (Å²) in [6, 6.07) is 13.8. The zero-order valence-corrected chi connectivity index (χ0v) is 15.3. The molecule has 0 saturated heterocycles. The quantitative estimate of drug-likeness (QED) is 0.631. The highest BCUT2D eigenvalue weighted by molar-refractivity contribution is 6.31. The number of nitrogens with one attached hydrogen (secondary N) is 1. The van der Waals surface area contributed by atoms with Gasteiger partial charge in [-0.1, -0.05) is 48.5 Å². The Balaban J connectivity index is 0.00000288. The van der Waals surface area contributed by atoms with E-state index in [1.807, 2.05) is 49.4 Å². The molecule has 24 heavy (non-hydrogen) atoms. The highest BCUT2D eigenvalue weighted by atomic mass is 35.5. The van der Waals surface area contributed by atoms with Crippen molar-refractivity contribution in [1.29, 1.82) is 0 Å². The minimum atomic E-state index is 0. The van der Waals surface area contributed by atoms with Gasteiger partial charge in [0.2, 0.25) is 0 Å². The zero-order valence-electron chi connectivity index (χ0n) is 13.8. The van der Waals surface area contributed by atoms with Gasteiger partial charge in [0, 0.05) is 18.1 Å². The van der Waals surface area contributed by atoms with Crippen LogP contribution in [0.3, 0.4) is 0 Å². The van der Waals surface area contributed by atoms with Gasteiger partial charge in [0.05, 0.1) is 6.61 Å². The molecule has 0 aliphatic heterocycles. The van der Waals surface area contributed by atoms with Crippen LogP contribution >= 0.6 is 24.0 Å². The van der Waals surface area contributed by atoms with Crippen LogP contribution in [0, 0.1) is 0 Å². The Morgan fingerprint density at radius 1 is 1.08 bits per heavy atom. The minimum Gasteiger partial charge on any atom is -0.490 e. The maximum Gasteiger partial charge on any atom is 0.161 e. The summed E-state index contributed by atoms with van der Waals surface area (Å²) in [7, 11) is 0. The van der Waals surface area contributed by atoms with Crippen LogP contribution < -0.4 is 14.8 Å². The molecule has 0 heterocycles. The first-order valence-electron chi connectivity index (χ1n) is 7.68.